The number of halogens is 2. The largest absolute Gasteiger partial charge is 0.484 e. The van der Waals surface area contributed by atoms with Crippen molar-refractivity contribution in [1.29, 1.82) is 0 Å². The molecule has 0 aliphatic heterocycles. The number of hydrogen-bond acceptors (Lipinski definition) is 3. The smallest absolute Gasteiger partial charge is 0.258 e. The van der Waals surface area contributed by atoms with Crippen molar-refractivity contribution in [2.45, 2.75) is 37.8 Å². The van der Waals surface area contributed by atoms with Gasteiger partial charge in [-0.25, -0.2) is 0 Å². The predicted molar refractivity (Wildman–Crippen MR) is 85.3 cm³/mol. The summed E-state index contributed by atoms with van der Waals surface area (Å²) in [6.07, 6.45) is 3.90. The van der Waals surface area contributed by atoms with Gasteiger partial charge in [-0.1, -0.05) is 15.9 Å². The fraction of sp³-hybridized carbons (Fsp3) is 0.500. The average molecular weight is 364 g/mol. The van der Waals surface area contributed by atoms with Gasteiger partial charge in [-0.2, -0.15) is 0 Å². The van der Waals surface area contributed by atoms with Crippen molar-refractivity contribution < 1.29 is 9.53 Å². The molecule has 0 radical (unpaired) electrons. The minimum Gasteiger partial charge on any atom is -0.484 e. The lowest BCUT2D eigenvalue weighted by molar-refractivity contribution is -0.124. The SMILES string of the molecule is Cl.NC1CCC(NC(=O)COc2ccc(Br)cc2)CC1. The molecule has 0 saturated heterocycles. The molecule has 0 atom stereocenters. The normalized spacial score (nSPS) is 21.7. The molecule has 20 heavy (non-hydrogen) atoms. The highest BCUT2D eigenvalue weighted by atomic mass is 79.9. The molecule has 1 aliphatic rings. The molecular formula is C14H20BrClN2O2. The molecular weight excluding hydrogens is 344 g/mol. The maximum atomic E-state index is 11.8. The predicted octanol–water partition coefficient (Wildman–Crippen LogP) is 2.64. The molecule has 3 N–H and O–H groups in total. The number of ether oxygens (including phenoxy) is 1. The van der Waals surface area contributed by atoms with Gasteiger partial charge in [0, 0.05) is 16.6 Å². The van der Waals surface area contributed by atoms with Crippen LogP contribution >= 0.6 is 28.3 Å². The zero-order chi connectivity index (χ0) is 13.7. The van der Waals surface area contributed by atoms with Crippen molar-refractivity contribution in [2.75, 3.05) is 6.61 Å². The number of carbonyl (C=O) groups is 1. The van der Waals surface area contributed by atoms with Crippen molar-refractivity contribution in [3.8, 4) is 5.75 Å². The molecule has 0 heterocycles. The van der Waals surface area contributed by atoms with Crippen LogP contribution in [-0.2, 0) is 4.79 Å². The molecule has 6 heteroatoms. The molecule has 1 fully saturated rings. The molecule has 1 saturated carbocycles. The van der Waals surface area contributed by atoms with Crippen LogP contribution < -0.4 is 15.8 Å². The summed E-state index contributed by atoms with van der Waals surface area (Å²) in [6.45, 7) is 0.0597. The van der Waals surface area contributed by atoms with E-state index in [-0.39, 0.29) is 31.0 Å². The van der Waals surface area contributed by atoms with Crippen molar-refractivity contribution in [2.24, 2.45) is 5.73 Å². The van der Waals surface area contributed by atoms with E-state index in [0.29, 0.717) is 11.8 Å². The fourth-order valence-corrected chi connectivity index (χ4v) is 2.48. The molecule has 1 aromatic carbocycles. The summed E-state index contributed by atoms with van der Waals surface area (Å²) in [5.74, 6) is 0.632. The minimum absolute atomic E-state index is 0. The van der Waals surface area contributed by atoms with E-state index in [1.54, 1.807) is 0 Å². The second-order valence-electron chi connectivity index (χ2n) is 4.92. The molecule has 0 bridgehead atoms. The third-order valence-electron chi connectivity index (χ3n) is 3.32. The second-order valence-corrected chi connectivity index (χ2v) is 5.84. The van der Waals surface area contributed by atoms with Crippen LogP contribution in [0.5, 0.6) is 5.75 Å². The lowest BCUT2D eigenvalue weighted by Crippen LogP contribution is -2.42. The fourth-order valence-electron chi connectivity index (χ4n) is 2.21. The molecule has 1 amide bonds. The Balaban J connectivity index is 0.00000200. The van der Waals surface area contributed by atoms with Gasteiger partial charge in [-0.15, -0.1) is 12.4 Å². The highest BCUT2D eigenvalue weighted by Gasteiger charge is 2.19. The second kappa shape index (κ2) is 8.49. The van der Waals surface area contributed by atoms with Crippen molar-refractivity contribution in [3.63, 3.8) is 0 Å². The van der Waals surface area contributed by atoms with Crippen molar-refractivity contribution >= 4 is 34.2 Å². The lowest BCUT2D eigenvalue weighted by Gasteiger charge is -2.26. The zero-order valence-electron chi connectivity index (χ0n) is 11.2. The van der Waals surface area contributed by atoms with Crippen molar-refractivity contribution in [1.82, 2.24) is 5.32 Å². The van der Waals surface area contributed by atoms with Crippen LogP contribution in [0.2, 0.25) is 0 Å². The van der Waals surface area contributed by atoms with E-state index in [1.807, 2.05) is 24.3 Å². The van der Waals surface area contributed by atoms with Crippen LogP contribution in [0.4, 0.5) is 0 Å². The Morgan fingerprint density at radius 1 is 1.25 bits per heavy atom. The molecule has 1 aromatic rings. The summed E-state index contributed by atoms with van der Waals surface area (Å²) >= 11 is 3.35. The molecule has 0 spiro atoms. The first-order valence-electron chi connectivity index (χ1n) is 6.57. The summed E-state index contributed by atoms with van der Waals surface area (Å²) < 4.78 is 6.42. The molecule has 0 unspecified atom stereocenters. The van der Waals surface area contributed by atoms with E-state index in [4.69, 9.17) is 10.5 Å². The van der Waals surface area contributed by atoms with Gasteiger partial charge in [0.25, 0.3) is 5.91 Å². The van der Waals surface area contributed by atoms with Gasteiger partial charge in [-0.05, 0) is 49.9 Å². The number of carbonyl (C=O) groups excluding carboxylic acids is 1. The zero-order valence-corrected chi connectivity index (χ0v) is 13.6. The molecule has 112 valence electrons. The average Bonchev–Trinajstić information content (AvgIpc) is 2.41. The van der Waals surface area contributed by atoms with E-state index in [1.165, 1.54) is 0 Å². The Hall–Kier alpha value is -0.780. The monoisotopic (exact) mass is 362 g/mol. The quantitative estimate of drug-likeness (QED) is 0.864. The highest BCUT2D eigenvalue weighted by molar-refractivity contribution is 9.10. The van der Waals surface area contributed by atoms with Gasteiger partial charge in [0.15, 0.2) is 6.61 Å². The number of benzene rings is 1. The third kappa shape index (κ3) is 5.69. The molecule has 4 nitrogen and oxygen atoms in total. The first-order chi connectivity index (χ1) is 9.13. The van der Waals surface area contributed by atoms with Gasteiger partial charge in [0.05, 0.1) is 0 Å². The van der Waals surface area contributed by atoms with Gasteiger partial charge in [0.2, 0.25) is 0 Å². The van der Waals surface area contributed by atoms with Crippen LogP contribution in [0, 0.1) is 0 Å². The number of nitrogens with one attached hydrogen (secondary N) is 1. The maximum absolute atomic E-state index is 11.8. The van der Waals surface area contributed by atoms with Crippen LogP contribution in [0.1, 0.15) is 25.7 Å². The standard InChI is InChI=1S/C14H19BrN2O2.ClH/c15-10-1-7-13(8-2-10)19-9-14(18)17-12-5-3-11(16)4-6-12;/h1-2,7-8,11-12H,3-6,9,16H2,(H,17,18);1H. The van der Waals surface area contributed by atoms with Crippen molar-refractivity contribution in [3.05, 3.63) is 28.7 Å². The molecule has 1 aliphatic carbocycles. The van der Waals surface area contributed by atoms with Gasteiger partial charge < -0.3 is 15.8 Å². The summed E-state index contributed by atoms with van der Waals surface area (Å²) in [4.78, 5) is 11.8. The summed E-state index contributed by atoms with van der Waals surface area (Å²) in [5.41, 5.74) is 5.83. The number of amides is 1. The van der Waals surface area contributed by atoms with Gasteiger partial charge in [-0.3, -0.25) is 4.79 Å². The summed E-state index contributed by atoms with van der Waals surface area (Å²) in [6, 6.07) is 7.98. The van der Waals surface area contributed by atoms with Crippen LogP contribution in [-0.4, -0.2) is 24.6 Å². The maximum Gasteiger partial charge on any atom is 0.258 e. The van der Waals surface area contributed by atoms with E-state index in [2.05, 4.69) is 21.2 Å². The third-order valence-corrected chi connectivity index (χ3v) is 3.85. The van der Waals surface area contributed by atoms with Gasteiger partial charge >= 0.3 is 0 Å². The highest BCUT2D eigenvalue weighted by Crippen LogP contribution is 2.17. The number of rotatable bonds is 4. The Bertz CT molecular complexity index is 420. The lowest BCUT2D eigenvalue weighted by atomic mass is 9.92. The summed E-state index contributed by atoms with van der Waals surface area (Å²) in [5, 5.41) is 2.99. The van der Waals surface area contributed by atoms with E-state index < -0.39 is 0 Å². The summed E-state index contributed by atoms with van der Waals surface area (Å²) in [7, 11) is 0. The van der Waals surface area contributed by atoms with Crippen LogP contribution in [0.15, 0.2) is 28.7 Å². The Morgan fingerprint density at radius 2 is 1.85 bits per heavy atom. The van der Waals surface area contributed by atoms with E-state index in [0.717, 1.165) is 30.2 Å². The first kappa shape index (κ1) is 17.3. The Kier molecular flexibility index (Phi) is 7.34. The number of nitrogens with two attached hydrogens (primary N) is 1. The number of hydrogen-bond donors (Lipinski definition) is 2. The Labute approximate surface area is 134 Å². The molecule has 2 rings (SSSR count). The van der Waals surface area contributed by atoms with Gasteiger partial charge in [0.1, 0.15) is 5.75 Å². The van der Waals surface area contributed by atoms with E-state index in [9.17, 15) is 4.79 Å². The minimum atomic E-state index is -0.0663. The van der Waals surface area contributed by atoms with E-state index >= 15 is 0 Å². The first-order valence-corrected chi connectivity index (χ1v) is 7.36. The van der Waals surface area contributed by atoms with Crippen LogP contribution in [0.25, 0.3) is 0 Å². The molecule has 0 aromatic heterocycles. The Morgan fingerprint density at radius 3 is 2.45 bits per heavy atom. The topological polar surface area (TPSA) is 64.3 Å². The van der Waals surface area contributed by atoms with Crippen LogP contribution in [0.3, 0.4) is 0 Å².